The third-order valence-corrected chi connectivity index (χ3v) is 4.62. The highest BCUT2D eigenvalue weighted by Crippen LogP contribution is 2.47. The fourth-order valence-electron chi connectivity index (χ4n) is 3.39. The van der Waals surface area contributed by atoms with E-state index in [1.807, 2.05) is 41.5 Å². The second kappa shape index (κ2) is 6.55. The predicted octanol–water partition coefficient (Wildman–Crippen LogP) is 1.51. The molecule has 2 aliphatic rings. The molecule has 2 bridgehead atoms. The molecule has 1 unspecified atom stereocenters. The first kappa shape index (κ1) is 20.3. The van der Waals surface area contributed by atoms with Crippen LogP contribution in [0, 0.1) is 6.92 Å². The quantitative estimate of drug-likeness (QED) is 0.849. The highest BCUT2D eigenvalue weighted by molar-refractivity contribution is 5.11. The second-order valence-electron chi connectivity index (χ2n) is 9.38. The van der Waals surface area contributed by atoms with Gasteiger partial charge in [-0.05, 0) is 48.5 Å². The van der Waals surface area contributed by atoms with E-state index in [1.165, 1.54) is 10.8 Å². The Morgan fingerprint density at radius 1 is 1.22 bits per heavy atom. The van der Waals surface area contributed by atoms with Gasteiger partial charge in [0.1, 0.15) is 17.8 Å². The maximum absolute atomic E-state index is 12.4. The van der Waals surface area contributed by atoms with Crippen LogP contribution >= 0.6 is 0 Å². The van der Waals surface area contributed by atoms with Gasteiger partial charge in [0.2, 0.25) is 0 Å². The zero-order chi connectivity index (χ0) is 20.2. The molecule has 0 spiro atoms. The van der Waals surface area contributed by atoms with Gasteiger partial charge in [-0.2, -0.15) is 0 Å². The summed E-state index contributed by atoms with van der Waals surface area (Å²) in [4.78, 5) is 26.4. The summed E-state index contributed by atoms with van der Waals surface area (Å²) in [6, 6.07) is 0. The summed E-state index contributed by atoms with van der Waals surface area (Å²) in [7, 11) is 0. The minimum Gasteiger partial charge on any atom is -0.373 e. The molecule has 3 heterocycles. The second-order valence-corrected chi connectivity index (χ2v) is 9.38. The van der Waals surface area contributed by atoms with Crippen LogP contribution in [-0.4, -0.2) is 51.8 Å². The summed E-state index contributed by atoms with van der Waals surface area (Å²) in [5.41, 5.74) is -2.12. The zero-order valence-electron chi connectivity index (χ0n) is 17.1. The summed E-state index contributed by atoms with van der Waals surface area (Å²) in [5.74, 6) is 0. The monoisotopic (exact) mass is 382 g/mol. The molecule has 152 valence electrons. The smallest absolute Gasteiger partial charge is 0.330 e. The maximum atomic E-state index is 12.4. The molecule has 0 radical (unpaired) electrons. The van der Waals surface area contributed by atoms with Gasteiger partial charge in [-0.3, -0.25) is 14.3 Å². The van der Waals surface area contributed by atoms with Crippen molar-refractivity contribution in [2.45, 2.75) is 83.7 Å². The molecule has 2 aliphatic heterocycles. The van der Waals surface area contributed by atoms with Gasteiger partial charge in [-0.25, -0.2) is 4.79 Å². The van der Waals surface area contributed by atoms with Crippen molar-refractivity contribution in [3.8, 4) is 0 Å². The van der Waals surface area contributed by atoms with Crippen molar-refractivity contribution in [3.63, 3.8) is 0 Å². The lowest BCUT2D eigenvalue weighted by Crippen LogP contribution is -2.50. The Morgan fingerprint density at radius 2 is 1.89 bits per heavy atom. The van der Waals surface area contributed by atoms with Gasteiger partial charge in [-0.15, -0.1) is 0 Å². The van der Waals surface area contributed by atoms with Crippen LogP contribution in [0.1, 0.15) is 53.3 Å². The standard InChI is InChI=1S/C19H30N2O6/c1-11-8-21(16(23)20-14(11)22)15-12-13(26-18(5,6)7)19(27-15,9-24-12)10-25-17(2,3)4/h8,12-13,15H,9-10H2,1-7H3,(H,20,22,23)/t12-,13?,15+,19+/m0/s1. The van der Waals surface area contributed by atoms with Crippen molar-refractivity contribution in [2.75, 3.05) is 13.2 Å². The van der Waals surface area contributed by atoms with Crippen LogP contribution in [0.15, 0.2) is 15.8 Å². The van der Waals surface area contributed by atoms with Crippen LogP contribution in [0.3, 0.4) is 0 Å². The van der Waals surface area contributed by atoms with E-state index < -0.39 is 40.9 Å². The number of nitrogens with one attached hydrogen (secondary N) is 1. The molecular weight excluding hydrogens is 352 g/mol. The molecule has 1 aromatic heterocycles. The number of hydrogen-bond acceptors (Lipinski definition) is 6. The average Bonchev–Trinajstić information content (AvgIpc) is 2.99. The Hall–Kier alpha value is -1.48. The van der Waals surface area contributed by atoms with Crippen molar-refractivity contribution >= 4 is 0 Å². The van der Waals surface area contributed by atoms with Crippen LogP contribution < -0.4 is 11.2 Å². The molecule has 0 aliphatic carbocycles. The number of rotatable bonds is 4. The van der Waals surface area contributed by atoms with Crippen molar-refractivity contribution in [2.24, 2.45) is 0 Å². The number of ether oxygens (including phenoxy) is 4. The number of nitrogens with zero attached hydrogens (tertiary/aromatic N) is 1. The van der Waals surface area contributed by atoms with Gasteiger partial charge in [0, 0.05) is 11.8 Å². The van der Waals surface area contributed by atoms with E-state index >= 15 is 0 Å². The van der Waals surface area contributed by atoms with Gasteiger partial charge in [0.05, 0.1) is 24.4 Å². The minimum atomic E-state index is -0.820. The molecule has 8 nitrogen and oxygen atoms in total. The lowest BCUT2D eigenvalue weighted by atomic mass is 9.98. The third-order valence-electron chi connectivity index (χ3n) is 4.62. The van der Waals surface area contributed by atoms with E-state index in [2.05, 4.69) is 4.98 Å². The van der Waals surface area contributed by atoms with E-state index in [9.17, 15) is 9.59 Å². The normalized spacial score (nSPS) is 30.9. The van der Waals surface area contributed by atoms with Crippen LogP contribution in [0.5, 0.6) is 0 Å². The minimum absolute atomic E-state index is 0.279. The van der Waals surface area contributed by atoms with Gasteiger partial charge in [0.25, 0.3) is 5.56 Å². The number of aromatic nitrogens is 2. The van der Waals surface area contributed by atoms with Crippen LogP contribution in [0.25, 0.3) is 0 Å². The summed E-state index contributed by atoms with van der Waals surface area (Å²) in [5, 5.41) is 0. The Bertz CT molecular complexity index is 815. The van der Waals surface area contributed by atoms with Crippen molar-refractivity contribution < 1.29 is 18.9 Å². The Balaban J connectivity index is 1.97. The molecule has 1 aromatic rings. The topological polar surface area (TPSA) is 91.8 Å². The van der Waals surface area contributed by atoms with Gasteiger partial charge in [0.15, 0.2) is 6.23 Å². The number of aromatic amines is 1. The number of hydrogen-bond donors (Lipinski definition) is 1. The van der Waals surface area contributed by atoms with E-state index in [0.717, 1.165) is 0 Å². The van der Waals surface area contributed by atoms with Gasteiger partial charge >= 0.3 is 5.69 Å². The highest BCUT2D eigenvalue weighted by atomic mass is 16.7. The van der Waals surface area contributed by atoms with Gasteiger partial charge < -0.3 is 18.9 Å². The highest BCUT2D eigenvalue weighted by Gasteiger charge is 2.64. The fraction of sp³-hybridized carbons (Fsp3) is 0.789. The molecular formula is C19H30N2O6. The van der Waals surface area contributed by atoms with E-state index in [0.29, 0.717) is 12.2 Å². The van der Waals surface area contributed by atoms with Crippen LogP contribution in [-0.2, 0) is 18.9 Å². The summed E-state index contributed by atoms with van der Waals surface area (Å²) in [6.45, 7) is 14.1. The Kier molecular flexibility index (Phi) is 4.91. The molecule has 27 heavy (non-hydrogen) atoms. The molecule has 8 heteroatoms. The largest absolute Gasteiger partial charge is 0.373 e. The molecule has 2 saturated heterocycles. The predicted molar refractivity (Wildman–Crippen MR) is 99.0 cm³/mol. The van der Waals surface area contributed by atoms with E-state index in [-0.39, 0.29) is 12.2 Å². The van der Waals surface area contributed by atoms with Crippen molar-refractivity contribution in [3.05, 3.63) is 32.6 Å². The lowest BCUT2D eigenvalue weighted by Gasteiger charge is -2.35. The number of aryl methyl sites for hydroxylation is 1. The molecule has 0 aromatic carbocycles. The molecule has 0 amide bonds. The Morgan fingerprint density at radius 3 is 2.48 bits per heavy atom. The number of H-pyrrole nitrogens is 1. The van der Waals surface area contributed by atoms with Gasteiger partial charge in [-0.1, -0.05) is 0 Å². The first-order chi connectivity index (χ1) is 12.3. The molecule has 2 fully saturated rings. The fourth-order valence-corrected chi connectivity index (χ4v) is 3.39. The molecule has 4 atom stereocenters. The molecule has 3 rings (SSSR count). The summed E-state index contributed by atoms with van der Waals surface area (Å²) >= 11 is 0. The van der Waals surface area contributed by atoms with Crippen LogP contribution in [0.4, 0.5) is 0 Å². The molecule has 0 saturated carbocycles. The SMILES string of the molecule is Cc1cn([C@@H]2O[C@@]3(COC(C)(C)C)CO[C@H]2C3OC(C)(C)C)c(=O)[nH]c1=O. The van der Waals surface area contributed by atoms with Crippen molar-refractivity contribution in [1.29, 1.82) is 0 Å². The van der Waals surface area contributed by atoms with E-state index in [4.69, 9.17) is 18.9 Å². The third kappa shape index (κ3) is 4.03. The first-order valence-electron chi connectivity index (χ1n) is 9.25. The van der Waals surface area contributed by atoms with Crippen LogP contribution in [0.2, 0.25) is 0 Å². The summed E-state index contributed by atoms with van der Waals surface area (Å²) < 4.78 is 26.0. The first-order valence-corrected chi connectivity index (χ1v) is 9.25. The lowest BCUT2D eigenvalue weighted by molar-refractivity contribution is -0.211. The van der Waals surface area contributed by atoms with E-state index in [1.54, 1.807) is 6.92 Å². The maximum Gasteiger partial charge on any atom is 0.330 e. The number of fused-ring (bicyclic) bond motifs is 2. The summed E-state index contributed by atoms with van der Waals surface area (Å²) in [6.07, 6.45) is -0.0694. The molecule has 1 N–H and O–H groups in total. The zero-order valence-corrected chi connectivity index (χ0v) is 17.1. The van der Waals surface area contributed by atoms with Crippen molar-refractivity contribution in [1.82, 2.24) is 9.55 Å². The average molecular weight is 382 g/mol. The Labute approximate surface area is 158 Å².